The number of nitrogens with zero attached hydrogens (tertiary/aromatic N) is 2. The first-order chi connectivity index (χ1) is 19.3. The zero-order valence-electron chi connectivity index (χ0n) is 23.4. The van der Waals surface area contributed by atoms with Gasteiger partial charge in [-0.05, 0) is 91.5 Å². The minimum atomic E-state index is -0.125. The summed E-state index contributed by atoms with van der Waals surface area (Å²) in [5.41, 5.74) is 7.73. The van der Waals surface area contributed by atoms with Crippen molar-refractivity contribution >= 4 is 40.3 Å². The number of methoxy groups -OCH3 is 1. The standard InChI is InChI=1S/C34H32N2O3S/c1-22-14-16-24(3)28(18-22)35-34-36(29-19-23(2)15-17-25(29)4)33(37)31(40-34)20-27-12-9-13-30(38-5)32(27)39-21-26-10-7-6-8-11-26/h6-20H,21H2,1-5H3/b31-20-,35-34?. The molecule has 0 bridgehead atoms. The number of amides is 1. The van der Waals surface area contributed by atoms with E-state index in [4.69, 9.17) is 14.5 Å². The molecule has 1 amide bonds. The monoisotopic (exact) mass is 548 g/mol. The van der Waals surface area contributed by atoms with Gasteiger partial charge in [0.15, 0.2) is 16.7 Å². The number of para-hydroxylation sites is 1. The molecule has 4 aromatic rings. The molecule has 0 spiro atoms. The maximum atomic E-state index is 14.1. The van der Waals surface area contributed by atoms with Crippen LogP contribution in [-0.2, 0) is 11.4 Å². The Hall–Kier alpha value is -4.29. The molecule has 1 aliphatic heterocycles. The predicted octanol–water partition coefficient (Wildman–Crippen LogP) is 8.32. The number of aryl methyl sites for hydroxylation is 4. The molecule has 0 unspecified atom stereocenters. The Balaban J connectivity index is 1.59. The summed E-state index contributed by atoms with van der Waals surface area (Å²) in [5, 5.41) is 0.619. The molecule has 6 heteroatoms. The number of carbonyl (C=O) groups excluding carboxylic acids is 1. The van der Waals surface area contributed by atoms with E-state index in [1.54, 1.807) is 12.0 Å². The van der Waals surface area contributed by atoms with Gasteiger partial charge in [-0.2, -0.15) is 0 Å². The smallest absolute Gasteiger partial charge is 0.271 e. The van der Waals surface area contributed by atoms with Gasteiger partial charge >= 0.3 is 0 Å². The molecule has 0 aromatic heterocycles. The van der Waals surface area contributed by atoms with Gasteiger partial charge in [0.05, 0.1) is 23.4 Å². The van der Waals surface area contributed by atoms with Gasteiger partial charge in [-0.1, -0.05) is 66.7 Å². The van der Waals surface area contributed by atoms with Crippen molar-refractivity contribution in [2.75, 3.05) is 12.0 Å². The second-order valence-corrected chi connectivity index (χ2v) is 10.9. The average Bonchev–Trinajstić information content (AvgIpc) is 3.25. The van der Waals surface area contributed by atoms with Gasteiger partial charge in [0.1, 0.15) is 6.61 Å². The highest BCUT2D eigenvalue weighted by atomic mass is 32.2. The molecule has 40 heavy (non-hydrogen) atoms. The van der Waals surface area contributed by atoms with Crippen LogP contribution < -0.4 is 14.4 Å². The van der Waals surface area contributed by atoms with E-state index in [1.807, 2.05) is 101 Å². The lowest BCUT2D eigenvalue weighted by atomic mass is 10.1. The Kier molecular flexibility index (Phi) is 8.08. The Labute approximate surface area is 240 Å². The molecule has 1 fully saturated rings. The molecule has 0 aliphatic carbocycles. The van der Waals surface area contributed by atoms with E-state index in [2.05, 4.69) is 18.2 Å². The molecule has 0 radical (unpaired) electrons. The summed E-state index contributed by atoms with van der Waals surface area (Å²) in [7, 11) is 1.62. The van der Waals surface area contributed by atoms with Crippen LogP contribution >= 0.6 is 11.8 Å². The molecule has 0 atom stereocenters. The highest BCUT2D eigenvalue weighted by Gasteiger charge is 2.36. The van der Waals surface area contributed by atoms with Gasteiger partial charge in [-0.3, -0.25) is 9.69 Å². The molecule has 202 valence electrons. The molecule has 1 heterocycles. The number of amidine groups is 1. The molecular weight excluding hydrogens is 516 g/mol. The summed E-state index contributed by atoms with van der Waals surface area (Å²) in [5.74, 6) is 1.07. The van der Waals surface area contributed by atoms with Gasteiger partial charge in [-0.15, -0.1) is 0 Å². The summed E-state index contributed by atoms with van der Waals surface area (Å²) in [6.07, 6.45) is 1.87. The molecule has 1 aliphatic rings. The van der Waals surface area contributed by atoms with Crippen LogP contribution in [0.5, 0.6) is 11.5 Å². The van der Waals surface area contributed by atoms with E-state index >= 15 is 0 Å². The normalized spacial score (nSPS) is 15.2. The van der Waals surface area contributed by atoms with E-state index in [0.717, 1.165) is 44.8 Å². The van der Waals surface area contributed by atoms with Crippen molar-refractivity contribution < 1.29 is 14.3 Å². The van der Waals surface area contributed by atoms with Crippen LogP contribution in [0.25, 0.3) is 6.08 Å². The Morgan fingerprint density at radius 3 is 2.33 bits per heavy atom. The minimum absolute atomic E-state index is 0.125. The van der Waals surface area contributed by atoms with Crippen LogP contribution in [0.4, 0.5) is 11.4 Å². The fraction of sp³-hybridized carbons (Fsp3) is 0.176. The van der Waals surface area contributed by atoms with Crippen LogP contribution in [-0.4, -0.2) is 18.2 Å². The third kappa shape index (κ3) is 5.82. The Bertz CT molecular complexity index is 1630. The Morgan fingerprint density at radius 1 is 0.850 bits per heavy atom. The number of hydrogen-bond donors (Lipinski definition) is 0. The van der Waals surface area contributed by atoms with Crippen LogP contribution in [0.3, 0.4) is 0 Å². The number of thioether (sulfide) groups is 1. The van der Waals surface area contributed by atoms with Crippen LogP contribution in [0.15, 0.2) is 94.8 Å². The molecule has 4 aromatic carbocycles. The predicted molar refractivity (Wildman–Crippen MR) is 166 cm³/mol. The summed E-state index contributed by atoms with van der Waals surface area (Å²) >= 11 is 1.37. The molecule has 0 N–H and O–H groups in total. The number of anilines is 1. The fourth-order valence-electron chi connectivity index (χ4n) is 4.50. The van der Waals surface area contributed by atoms with Crippen LogP contribution in [0.2, 0.25) is 0 Å². The topological polar surface area (TPSA) is 51.1 Å². The number of carbonyl (C=O) groups is 1. The third-order valence-electron chi connectivity index (χ3n) is 6.73. The van der Waals surface area contributed by atoms with Crippen molar-refractivity contribution in [1.29, 1.82) is 0 Å². The average molecular weight is 549 g/mol. The maximum Gasteiger partial charge on any atom is 0.271 e. The molecule has 5 nitrogen and oxygen atoms in total. The van der Waals surface area contributed by atoms with E-state index in [9.17, 15) is 4.79 Å². The SMILES string of the molecule is COc1cccc(/C=C2\SC(=Nc3cc(C)ccc3C)N(c3cc(C)ccc3C)C2=O)c1OCc1ccccc1. The van der Waals surface area contributed by atoms with Crippen molar-refractivity contribution in [3.8, 4) is 11.5 Å². The highest BCUT2D eigenvalue weighted by molar-refractivity contribution is 8.19. The summed E-state index contributed by atoms with van der Waals surface area (Å²) in [6, 6.07) is 28.0. The van der Waals surface area contributed by atoms with Gasteiger partial charge in [-0.25, -0.2) is 4.99 Å². The second-order valence-electron chi connectivity index (χ2n) is 9.88. The summed E-state index contributed by atoms with van der Waals surface area (Å²) in [6.45, 7) is 8.50. The van der Waals surface area contributed by atoms with Crippen molar-refractivity contribution in [3.63, 3.8) is 0 Å². The third-order valence-corrected chi connectivity index (χ3v) is 7.70. The lowest BCUT2D eigenvalue weighted by Crippen LogP contribution is -2.29. The first-order valence-corrected chi connectivity index (χ1v) is 14.0. The van der Waals surface area contributed by atoms with E-state index < -0.39 is 0 Å². The van der Waals surface area contributed by atoms with Crippen molar-refractivity contribution in [2.24, 2.45) is 4.99 Å². The quantitative estimate of drug-likeness (QED) is 0.218. The van der Waals surface area contributed by atoms with Crippen LogP contribution in [0.1, 0.15) is 33.4 Å². The molecule has 1 saturated heterocycles. The number of ether oxygens (including phenoxy) is 2. The second kappa shape index (κ2) is 11.8. The summed E-state index contributed by atoms with van der Waals surface area (Å²) < 4.78 is 11.9. The van der Waals surface area contributed by atoms with E-state index in [0.29, 0.717) is 28.2 Å². The highest BCUT2D eigenvalue weighted by Crippen LogP contribution is 2.41. The zero-order valence-corrected chi connectivity index (χ0v) is 24.2. The van der Waals surface area contributed by atoms with Gasteiger partial charge in [0.25, 0.3) is 5.91 Å². The van der Waals surface area contributed by atoms with Gasteiger partial charge < -0.3 is 9.47 Å². The minimum Gasteiger partial charge on any atom is -0.493 e. The number of benzene rings is 4. The summed E-state index contributed by atoms with van der Waals surface area (Å²) in [4.78, 5) is 21.4. The van der Waals surface area contributed by atoms with E-state index in [-0.39, 0.29) is 5.91 Å². The molecule has 0 saturated carbocycles. The maximum absolute atomic E-state index is 14.1. The number of hydrogen-bond acceptors (Lipinski definition) is 5. The first-order valence-electron chi connectivity index (χ1n) is 13.1. The number of rotatable bonds is 7. The lowest BCUT2D eigenvalue weighted by molar-refractivity contribution is -0.113. The van der Waals surface area contributed by atoms with Crippen molar-refractivity contribution in [1.82, 2.24) is 0 Å². The van der Waals surface area contributed by atoms with Gasteiger partial charge in [0.2, 0.25) is 0 Å². The largest absolute Gasteiger partial charge is 0.493 e. The first kappa shape index (κ1) is 27.3. The van der Waals surface area contributed by atoms with E-state index in [1.165, 1.54) is 11.8 Å². The van der Waals surface area contributed by atoms with Crippen molar-refractivity contribution in [2.45, 2.75) is 34.3 Å². The lowest BCUT2D eigenvalue weighted by Gasteiger charge is -2.19. The number of aliphatic imine (C=N–C) groups is 1. The fourth-order valence-corrected chi connectivity index (χ4v) is 5.47. The Morgan fingerprint density at radius 2 is 1.57 bits per heavy atom. The molecular formula is C34H32N2O3S. The van der Waals surface area contributed by atoms with Crippen molar-refractivity contribution in [3.05, 3.63) is 123 Å². The molecule has 5 rings (SSSR count). The zero-order chi connectivity index (χ0) is 28.2. The van der Waals surface area contributed by atoms with Gasteiger partial charge in [0, 0.05) is 5.56 Å². The van der Waals surface area contributed by atoms with Crippen LogP contribution in [0, 0.1) is 27.7 Å².